The molecule has 0 fully saturated rings. The van der Waals surface area contributed by atoms with E-state index in [1.54, 1.807) is 20.4 Å². The van der Waals surface area contributed by atoms with Gasteiger partial charge in [-0.2, -0.15) is 0 Å². The molecular weight excluding hydrogens is 381 g/mol. The first-order valence-corrected chi connectivity index (χ1v) is 9.61. The minimum Gasteiger partial charge on any atom is -0.497 e. The van der Waals surface area contributed by atoms with Crippen molar-refractivity contribution in [1.82, 2.24) is 4.98 Å². The summed E-state index contributed by atoms with van der Waals surface area (Å²) in [6.07, 6.45) is 1.62. The van der Waals surface area contributed by atoms with Gasteiger partial charge in [-0.3, -0.25) is 4.98 Å². The number of nitrogens with one attached hydrogen (secondary N) is 2. The molecule has 4 N–H and O–H groups in total. The maximum Gasteiger partial charge on any atom is 0.510 e. The van der Waals surface area contributed by atoms with Crippen molar-refractivity contribution in [3.05, 3.63) is 71.4 Å². The molecule has 0 bridgehead atoms. The molecule has 0 saturated heterocycles. The van der Waals surface area contributed by atoms with Gasteiger partial charge >= 0.3 is 7.12 Å². The van der Waals surface area contributed by atoms with E-state index in [2.05, 4.69) is 15.6 Å². The van der Waals surface area contributed by atoms with Crippen LogP contribution in [-0.4, -0.2) is 36.4 Å². The summed E-state index contributed by atoms with van der Waals surface area (Å²) in [4.78, 5) is 4.25. The molecule has 0 saturated carbocycles. The summed E-state index contributed by atoms with van der Waals surface area (Å²) < 4.78 is 10.4. The number of pyridine rings is 1. The molecule has 0 atom stereocenters. The van der Waals surface area contributed by atoms with Gasteiger partial charge in [0.25, 0.3) is 0 Å². The summed E-state index contributed by atoms with van der Waals surface area (Å²) in [5.41, 5.74) is 4.58. The lowest BCUT2D eigenvalue weighted by atomic mass is 9.83. The van der Waals surface area contributed by atoms with Crippen LogP contribution in [0, 0.1) is 6.92 Å². The Morgan fingerprint density at radius 1 is 0.833 bits per heavy atom. The number of hydrogen-bond donors (Lipinski definition) is 4. The quantitative estimate of drug-likeness (QED) is 0.405. The largest absolute Gasteiger partial charge is 0.510 e. The van der Waals surface area contributed by atoms with E-state index in [0.717, 1.165) is 33.9 Å². The maximum atomic E-state index is 9.75. The van der Waals surface area contributed by atoms with Crippen LogP contribution < -0.4 is 25.7 Å². The van der Waals surface area contributed by atoms with E-state index < -0.39 is 7.12 Å². The molecule has 0 unspecified atom stereocenters. The third-order valence-corrected chi connectivity index (χ3v) is 4.88. The molecule has 0 radical (unpaired) electrons. The predicted octanol–water partition coefficient (Wildman–Crippen LogP) is 2.31. The first-order chi connectivity index (χ1) is 14.5. The molecule has 156 valence electrons. The second kappa shape index (κ2) is 10.0. The number of ether oxygens (including phenoxy) is 2. The molecule has 0 aliphatic heterocycles. The van der Waals surface area contributed by atoms with Crippen LogP contribution >= 0.6 is 0 Å². The maximum absolute atomic E-state index is 9.75. The Hall–Kier alpha value is -3.23. The molecular formula is C22H26BN3O4. The minimum absolute atomic E-state index is 0.191. The molecule has 2 aromatic carbocycles. The normalized spacial score (nSPS) is 10.4. The number of aromatic nitrogens is 1. The van der Waals surface area contributed by atoms with E-state index in [4.69, 9.17) is 9.47 Å². The van der Waals surface area contributed by atoms with E-state index in [0.29, 0.717) is 18.8 Å². The lowest BCUT2D eigenvalue weighted by Gasteiger charge is -2.18. The number of hydrogen-bond acceptors (Lipinski definition) is 7. The summed E-state index contributed by atoms with van der Waals surface area (Å²) in [7, 11) is 1.60. The van der Waals surface area contributed by atoms with Crippen LogP contribution in [0.2, 0.25) is 0 Å². The number of methoxy groups -OCH3 is 2. The smallest absolute Gasteiger partial charge is 0.497 e. The average Bonchev–Trinajstić information content (AvgIpc) is 2.77. The number of benzene rings is 2. The zero-order valence-electron chi connectivity index (χ0n) is 17.3. The summed E-state index contributed by atoms with van der Waals surface area (Å²) in [5.74, 6) is 1.59. The Morgan fingerprint density at radius 2 is 1.33 bits per heavy atom. The molecule has 0 amide bonds. The van der Waals surface area contributed by atoms with Crippen molar-refractivity contribution in [2.45, 2.75) is 20.0 Å². The number of rotatable bonds is 9. The molecule has 8 heteroatoms. The molecule has 0 spiro atoms. The third kappa shape index (κ3) is 5.22. The SMILES string of the molecule is COc1ccc(CNc2cnc(B(O)O)c(NCc3ccc(OC)cc3)c2C)cc1. The van der Waals surface area contributed by atoms with Crippen molar-refractivity contribution in [3.8, 4) is 11.5 Å². The standard InChI is InChI=1S/C22H26BN3O4/c1-15-20(24-12-16-4-8-18(29-2)9-5-16)14-26-22(23(27)28)21(15)25-13-17-6-10-19(30-3)11-7-17/h4-11,14,24-25,27-28H,12-13H2,1-3H3. The Morgan fingerprint density at radius 3 is 1.80 bits per heavy atom. The van der Waals surface area contributed by atoms with Crippen LogP contribution in [0.25, 0.3) is 0 Å². The van der Waals surface area contributed by atoms with Gasteiger partial charge in [0, 0.05) is 19.3 Å². The molecule has 0 aliphatic carbocycles. The predicted molar refractivity (Wildman–Crippen MR) is 119 cm³/mol. The van der Waals surface area contributed by atoms with Gasteiger partial charge < -0.3 is 30.2 Å². The van der Waals surface area contributed by atoms with Crippen molar-refractivity contribution in [2.75, 3.05) is 24.9 Å². The van der Waals surface area contributed by atoms with Gasteiger partial charge in [-0.1, -0.05) is 24.3 Å². The summed E-state index contributed by atoms with van der Waals surface area (Å²) in [6, 6.07) is 15.5. The molecule has 3 aromatic rings. The highest BCUT2D eigenvalue weighted by atomic mass is 16.5. The highest BCUT2D eigenvalue weighted by Gasteiger charge is 2.21. The van der Waals surface area contributed by atoms with Crippen LogP contribution in [0.15, 0.2) is 54.7 Å². The second-order valence-electron chi connectivity index (χ2n) is 6.83. The first kappa shape index (κ1) is 21.5. The summed E-state index contributed by atoms with van der Waals surface area (Å²) in [5, 5.41) is 26.1. The van der Waals surface area contributed by atoms with E-state index in [9.17, 15) is 10.0 Å². The molecule has 0 aliphatic rings. The Labute approximate surface area is 176 Å². The lowest BCUT2D eigenvalue weighted by Crippen LogP contribution is -2.36. The monoisotopic (exact) mass is 407 g/mol. The molecule has 1 aromatic heterocycles. The van der Waals surface area contributed by atoms with Crippen LogP contribution in [-0.2, 0) is 13.1 Å². The van der Waals surface area contributed by atoms with Crippen LogP contribution in [0.4, 0.5) is 11.4 Å². The van der Waals surface area contributed by atoms with E-state index in [-0.39, 0.29) is 5.59 Å². The van der Waals surface area contributed by atoms with E-state index in [1.807, 2.05) is 55.5 Å². The fourth-order valence-corrected chi connectivity index (χ4v) is 3.09. The molecule has 30 heavy (non-hydrogen) atoms. The second-order valence-corrected chi connectivity index (χ2v) is 6.83. The van der Waals surface area contributed by atoms with Gasteiger partial charge in [0.2, 0.25) is 0 Å². The van der Waals surface area contributed by atoms with Crippen molar-refractivity contribution >= 4 is 24.1 Å². The fraction of sp³-hybridized carbons (Fsp3) is 0.227. The zero-order valence-corrected chi connectivity index (χ0v) is 17.3. The lowest BCUT2D eigenvalue weighted by molar-refractivity contribution is 0.414. The Balaban J connectivity index is 1.76. The van der Waals surface area contributed by atoms with Gasteiger partial charge in [-0.25, -0.2) is 0 Å². The molecule has 3 rings (SSSR count). The number of anilines is 2. The van der Waals surface area contributed by atoms with Crippen molar-refractivity contribution < 1.29 is 19.5 Å². The average molecular weight is 407 g/mol. The van der Waals surface area contributed by atoms with Crippen LogP contribution in [0.3, 0.4) is 0 Å². The van der Waals surface area contributed by atoms with Crippen molar-refractivity contribution in [2.24, 2.45) is 0 Å². The van der Waals surface area contributed by atoms with Crippen LogP contribution in [0.1, 0.15) is 16.7 Å². The van der Waals surface area contributed by atoms with Crippen LogP contribution in [0.5, 0.6) is 11.5 Å². The first-order valence-electron chi connectivity index (χ1n) is 9.61. The van der Waals surface area contributed by atoms with Gasteiger partial charge in [0.15, 0.2) is 0 Å². The highest BCUT2D eigenvalue weighted by molar-refractivity contribution is 6.59. The summed E-state index contributed by atoms with van der Waals surface area (Å²) >= 11 is 0. The van der Waals surface area contributed by atoms with Gasteiger partial charge in [-0.05, 0) is 47.9 Å². The fourth-order valence-electron chi connectivity index (χ4n) is 3.09. The van der Waals surface area contributed by atoms with Crippen molar-refractivity contribution in [1.29, 1.82) is 0 Å². The van der Waals surface area contributed by atoms with Gasteiger partial charge in [0.05, 0.1) is 31.2 Å². The highest BCUT2D eigenvalue weighted by Crippen LogP contribution is 2.23. The molecule has 1 heterocycles. The topological polar surface area (TPSA) is 95.9 Å². The van der Waals surface area contributed by atoms with E-state index in [1.165, 1.54) is 0 Å². The minimum atomic E-state index is -1.67. The van der Waals surface area contributed by atoms with Gasteiger partial charge in [-0.15, -0.1) is 0 Å². The van der Waals surface area contributed by atoms with Crippen molar-refractivity contribution in [3.63, 3.8) is 0 Å². The Kier molecular flexibility index (Phi) is 7.16. The zero-order chi connectivity index (χ0) is 21.5. The molecule has 7 nitrogen and oxygen atoms in total. The Bertz CT molecular complexity index is 963. The number of nitrogens with zero attached hydrogens (tertiary/aromatic N) is 1. The van der Waals surface area contributed by atoms with E-state index >= 15 is 0 Å². The third-order valence-electron chi connectivity index (χ3n) is 4.88. The summed E-state index contributed by atoms with van der Waals surface area (Å²) in [6.45, 7) is 3.03. The van der Waals surface area contributed by atoms with Gasteiger partial charge in [0.1, 0.15) is 11.5 Å².